The van der Waals surface area contributed by atoms with Gasteiger partial charge in [-0.1, -0.05) is 18.2 Å². The van der Waals surface area contributed by atoms with Crippen LogP contribution in [0.3, 0.4) is 0 Å². The third-order valence-electron chi connectivity index (χ3n) is 3.19. The van der Waals surface area contributed by atoms with Crippen LogP contribution in [-0.4, -0.2) is 41.2 Å². The Labute approximate surface area is 122 Å². The smallest absolute Gasteiger partial charge is 0.305 e. The fourth-order valence-corrected chi connectivity index (χ4v) is 2.32. The molecule has 1 heterocycles. The second-order valence-electron chi connectivity index (χ2n) is 5.29. The highest BCUT2D eigenvalue weighted by Gasteiger charge is 2.30. The lowest BCUT2D eigenvalue weighted by molar-refractivity contribution is -0.139. The first kappa shape index (κ1) is 15.1. The summed E-state index contributed by atoms with van der Waals surface area (Å²) in [5.41, 5.74) is 0.285. The molecule has 6 nitrogen and oxygen atoms in total. The molecule has 0 aliphatic heterocycles. The summed E-state index contributed by atoms with van der Waals surface area (Å²) in [7, 11) is 1.47. The number of carboxylic acid groups (broad SMARTS) is 1. The lowest BCUT2D eigenvalue weighted by Crippen LogP contribution is -2.50. The number of carboxylic acids is 1. The summed E-state index contributed by atoms with van der Waals surface area (Å²) < 4.78 is 5.02. The number of para-hydroxylation sites is 1. The highest BCUT2D eigenvalue weighted by Crippen LogP contribution is 2.16. The Hall–Kier alpha value is -2.34. The maximum atomic E-state index is 12.3. The summed E-state index contributed by atoms with van der Waals surface area (Å²) in [6.45, 7) is 1.76. The van der Waals surface area contributed by atoms with Crippen LogP contribution < -0.4 is 5.32 Å². The van der Waals surface area contributed by atoms with E-state index in [1.165, 1.54) is 7.11 Å². The minimum absolute atomic E-state index is 0.116. The van der Waals surface area contributed by atoms with Crippen molar-refractivity contribution >= 4 is 22.8 Å². The first-order chi connectivity index (χ1) is 9.93. The summed E-state index contributed by atoms with van der Waals surface area (Å²) in [6.07, 6.45) is -0.215. The van der Waals surface area contributed by atoms with Crippen LogP contribution in [0.4, 0.5) is 0 Å². The van der Waals surface area contributed by atoms with Crippen molar-refractivity contribution in [2.75, 3.05) is 13.7 Å². The number of ether oxygens (including phenoxy) is 1. The van der Waals surface area contributed by atoms with Crippen LogP contribution in [0.2, 0.25) is 0 Å². The van der Waals surface area contributed by atoms with Crippen molar-refractivity contribution in [1.82, 2.24) is 10.3 Å². The maximum Gasteiger partial charge on any atom is 0.305 e. The Morgan fingerprint density at radius 1 is 1.38 bits per heavy atom. The van der Waals surface area contributed by atoms with E-state index in [0.29, 0.717) is 5.69 Å². The standard InChI is InChI=1S/C15H18N2O4/c1-15(9-21-2,8-13(18)19)17-14(20)12-7-10-5-3-4-6-11(10)16-12/h3-7,16H,8-9H2,1-2H3,(H,17,20)(H,18,19). The number of hydrogen-bond acceptors (Lipinski definition) is 3. The zero-order chi connectivity index (χ0) is 15.5. The molecular formula is C15H18N2O4. The van der Waals surface area contributed by atoms with Crippen LogP contribution in [-0.2, 0) is 9.53 Å². The number of H-pyrrole nitrogens is 1. The van der Waals surface area contributed by atoms with Gasteiger partial charge in [-0.15, -0.1) is 0 Å². The van der Waals surface area contributed by atoms with E-state index in [0.717, 1.165) is 10.9 Å². The van der Waals surface area contributed by atoms with Crippen LogP contribution in [0.15, 0.2) is 30.3 Å². The first-order valence-electron chi connectivity index (χ1n) is 6.54. The topological polar surface area (TPSA) is 91.4 Å². The van der Waals surface area contributed by atoms with E-state index in [2.05, 4.69) is 10.3 Å². The number of aliphatic carboxylic acids is 1. The van der Waals surface area contributed by atoms with Crippen molar-refractivity contribution in [1.29, 1.82) is 0 Å². The van der Waals surface area contributed by atoms with E-state index in [1.807, 2.05) is 24.3 Å². The van der Waals surface area contributed by atoms with Crippen molar-refractivity contribution in [2.45, 2.75) is 18.9 Å². The number of rotatable bonds is 6. The molecule has 0 spiro atoms. The molecule has 1 atom stereocenters. The number of carbonyl (C=O) groups is 2. The third kappa shape index (κ3) is 3.61. The van der Waals surface area contributed by atoms with Gasteiger partial charge in [-0.2, -0.15) is 0 Å². The van der Waals surface area contributed by atoms with E-state index in [4.69, 9.17) is 9.84 Å². The Morgan fingerprint density at radius 3 is 2.71 bits per heavy atom. The van der Waals surface area contributed by atoms with Gasteiger partial charge in [0.2, 0.25) is 0 Å². The Balaban J connectivity index is 2.19. The summed E-state index contributed by atoms with van der Waals surface area (Å²) in [6, 6.07) is 9.27. The predicted molar refractivity (Wildman–Crippen MR) is 78.3 cm³/mol. The van der Waals surface area contributed by atoms with Gasteiger partial charge in [0.15, 0.2) is 0 Å². The molecule has 21 heavy (non-hydrogen) atoms. The quantitative estimate of drug-likeness (QED) is 0.756. The van der Waals surface area contributed by atoms with Gasteiger partial charge in [-0.05, 0) is 19.1 Å². The van der Waals surface area contributed by atoms with Crippen molar-refractivity contribution in [2.24, 2.45) is 0 Å². The average Bonchev–Trinajstić information content (AvgIpc) is 2.81. The molecular weight excluding hydrogens is 272 g/mol. The molecule has 2 aromatic rings. The number of aromatic nitrogens is 1. The van der Waals surface area contributed by atoms with Crippen molar-refractivity contribution in [3.05, 3.63) is 36.0 Å². The summed E-state index contributed by atoms with van der Waals surface area (Å²) in [4.78, 5) is 26.2. The predicted octanol–water partition coefficient (Wildman–Crippen LogP) is 1.78. The van der Waals surface area contributed by atoms with Crippen molar-refractivity contribution < 1.29 is 19.4 Å². The van der Waals surface area contributed by atoms with Crippen LogP contribution >= 0.6 is 0 Å². The largest absolute Gasteiger partial charge is 0.481 e. The van der Waals surface area contributed by atoms with Gasteiger partial charge in [0.1, 0.15) is 5.69 Å². The van der Waals surface area contributed by atoms with Gasteiger partial charge >= 0.3 is 5.97 Å². The molecule has 1 aromatic carbocycles. The molecule has 0 radical (unpaired) electrons. The van der Waals surface area contributed by atoms with Gasteiger partial charge in [-0.25, -0.2) is 0 Å². The second-order valence-corrected chi connectivity index (χ2v) is 5.29. The Morgan fingerprint density at radius 2 is 2.10 bits per heavy atom. The van der Waals surface area contributed by atoms with Crippen molar-refractivity contribution in [3.63, 3.8) is 0 Å². The molecule has 0 aliphatic carbocycles. The van der Waals surface area contributed by atoms with E-state index in [9.17, 15) is 9.59 Å². The lowest BCUT2D eigenvalue weighted by Gasteiger charge is -2.28. The molecule has 1 amide bonds. The van der Waals surface area contributed by atoms with E-state index < -0.39 is 11.5 Å². The minimum atomic E-state index is -0.994. The van der Waals surface area contributed by atoms with Crippen LogP contribution in [0.25, 0.3) is 10.9 Å². The van der Waals surface area contributed by atoms with Gasteiger partial charge < -0.3 is 20.1 Å². The molecule has 0 aliphatic rings. The van der Waals surface area contributed by atoms with E-state index in [-0.39, 0.29) is 18.9 Å². The molecule has 1 unspecified atom stereocenters. The fourth-order valence-electron chi connectivity index (χ4n) is 2.32. The number of amides is 1. The molecule has 0 saturated carbocycles. The molecule has 112 valence electrons. The first-order valence-corrected chi connectivity index (χ1v) is 6.54. The second kappa shape index (κ2) is 5.97. The zero-order valence-corrected chi connectivity index (χ0v) is 12.0. The van der Waals surface area contributed by atoms with E-state index >= 15 is 0 Å². The SMILES string of the molecule is COCC(C)(CC(=O)O)NC(=O)c1cc2ccccc2[nH]1. The van der Waals surface area contributed by atoms with Gasteiger partial charge in [0.25, 0.3) is 5.91 Å². The molecule has 0 fully saturated rings. The normalized spacial score (nSPS) is 13.8. The molecule has 0 saturated heterocycles. The third-order valence-corrected chi connectivity index (χ3v) is 3.19. The summed E-state index contributed by atoms with van der Waals surface area (Å²) in [5.74, 6) is -1.35. The number of carbonyl (C=O) groups excluding carboxylic acids is 1. The van der Waals surface area contributed by atoms with Gasteiger partial charge in [0, 0.05) is 18.0 Å². The highest BCUT2D eigenvalue weighted by atomic mass is 16.5. The number of nitrogens with one attached hydrogen (secondary N) is 2. The lowest BCUT2D eigenvalue weighted by atomic mass is 9.98. The monoisotopic (exact) mass is 290 g/mol. The number of fused-ring (bicyclic) bond motifs is 1. The molecule has 2 rings (SSSR count). The average molecular weight is 290 g/mol. The zero-order valence-electron chi connectivity index (χ0n) is 12.0. The minimum Gasteiger partial charge on any atom is -0.481 e. The maximum absolute atomic E-state index is 12.3. The Kier molecular flexibility index (Phi) is 4.28. The molecule has 3 N–H and O–H groups in total. The summed E-state index contributed by atoms with van der Waals surface area (Å²) >= 11 is 0. The Bertz CT molecular complexity index is 631. The molecule has 1 aromatic heterocycles. The summed E-state index contributed by atoms with van der Waals surface area (Å²) in [5, 5.41) is 12.6. The van der Waals surface area contributed by atoms with E-state index in [1.54, 1.807) is 13.0 Å². The number of benzene rings is 1. The van der Waals surface area contributed by atoms with Crippen molar-refractivity contribution in [3.8, 4) is 0 Å². The highest BCUT2D eigenvalue weighted by molar-refractivity contribution is 5.98. The number of methoxy groups -OCH3 is 1. The molecule has 0 bridgehead atoms. The van der Waals surface area contributed by atoms with Crippen LogP contribution in [0, 0.1) is 0 Å². The van der Waals surface area contributed by atoms with Gasteiger partial charge in [0.05, 0.1) is 18.6 Å². The number of aromatic amines is 1. The van der Waals surface area contributed by atoms with Gasteiger partial charge in [-0.3, -0.25) is 9.59 Å². The van der Waals surface area contributed by atoms with Crippen LogP contribution in [0.5, 0.6) is 0 Å². The van der Waals surface area contributed by atoms with Crippen LogP contribution in [0.1, 0.15) is 23.8 Å². The fraction of sp³-hybridized carbons (Fsp3) is 0.333. The molecule has 6 heteroatoms. The number of hydrogen-bond donors (Lipinski definition) is 3.